The van der Waals surface area contributed by atoms with Crippen LogP contribution in [-0.2, 0) is 4.74 Å². The Labute approximate surface area is 119 Å². The van der Waals surface area contributed by atoms with Gasteiger partial charge < -0.3 is 15.0 Å². The Balaban J connectivity index is 1.66. The van der Waals surface area contributed by atoms with Crippen molar-refractivity contribution in [3.8, 4) is 11.3 Å². The van der Waals surface area contributed by atoms with E-state index >= 15 is 0 Å². The minimum absolute atomic E-state index is 0.0220. The van der Waals surface area contributed by atoms with E-state index in [-0.39, 0.29) is 5.60 Å². The zero-order chi connectivity index (χ0) is 14.0. The molecule has 2 heterocycles. The van der Waals surface area contributed by atoms with Crippen LogP contribution in [0.15, 0.2) is 36.8 Å². The van der Waals surface area contributed by atoms with Crippen molar-refractivity contribution in [3.63, 3.8) is 0 Å². The second-order valence-corrected chi connectivity index (χ2v) is 5.98. The van der Waals surface area contributed by atoms with Crippen molar-refractivity contribution >= 4 is 5.69 Å². The van der Waals surface area contributed by atoms with Gasteiger partial charge in [0.2, 0.25) is 0 Å². The van der Waals surface area contributed by atoms with Crippen LogP contribution in [0.5, 0.6) is 0 Å². The van der Waals surface area contributed by atoms with Crippen molar-refractivity contribution in [3.05, 3.63) is 36.8 Å². The summed E-state index contributed by atoms with van der Waals surface area (Å²) in [6.45, 7) is 5.14. The Morgan fingerprint density at radius 2 is 2.10 bits per heavy atom. The van der Waals surface area contributed by atoms with Gasteiger partial charge in [0, 0.05) is 18.3 Å². The summed E-state index contributed by atoms with van der Waals surface area (Å²) in [6, 6.07) is 8.95. The van der Waals surface area contributed by atoms with Gasteiger partial charge in [0.25, 0.3) is 0 Å². The molecule has 1 aliphatic rings. The topological polar surface area (TPSA) is 49.9 Å². The molecule has 0 aliphatic carbocycles. The number of aromatic amines is 1. The van der Waals surface area contributed by atoms with E-state index in [4.69, 9.17) is 4.74 Å². The molecule has 2 N–H and O–H groups in total. The van der Waals surface area contributed by atoms with Gasteiger partial charge >= 0.3 is 0 Å². The lowest BCUT2D eigenvalue weighted by atomic mass is 9.94. The maximum Gasteiger partial charge on any atom is 0.0924 e. The fourth-order valence-corrected chi connectivity index (χ4v) is 2.75. The molecular weight excluding hydrogens is 250 g/mol. The van der Waals surface area contributed by atoms with Crippen molar-refractivity contribution in [1.29, 1.82) is 0 Å². The number of nitrogens with one attached hydrogen (secondary N) is 2. The summed E-state index contributed by atoms with van der Waals surface area (Å²) in [4.78, 5) is 7.16. The quantitative estimate of drug-likeness (QED) is 0.899. The first-order chi connectivity index (χ1) is 9.62. The van der Waals surface area contributed by atoms with Crippen LogP contribution in [-0.4, -0.2) is 28.2 Å². The van der Waals surface area contributed by atoms with Crippen molar-refractivity contribution < 1.29 is 4.74 Å². The Morgan fingerprint density at radius 1 is 1.30 bits per heavy atom. The third-order valence-electron chi connectivity index (χ3n) is 3.76. The van der Waals surface area contributed by atoms with E-state index in [1.807, 2.05) is 6.20 Å². The highest BCUT2D eigenvalue weighted by atomic mass is 16.5. The van der Waals surface area contributed by atoms with Gasteiger partial charge in [0.15, 0.2) is 0 Å². The third-order valence-corrected chi connectivity index (χ3v) is 3.76. The normalized spacial score (nSPS) is 21.6. The zero-order valence-electron chi connectivity index (χ0n) is 12.0. The minimum Gasteiger partial charge on any atom is -0.382 e. The lowest BCUT2D eigenvalue weighted by molar-refractivity contribution is -0.0553. The number of H-pyrrole nitrogens is 1. The number of rotatable bonds is 3. The van der Waals surface area contributed by atoms with Crippen LogP contribution in [0.4, 0.5) is 5.69 Å². The first-order valence-electron chi connectivity index (χ1n) is 7.12. The van der Waals surface area contributed by atoms with Crippen LogP contribution in [0.1, 0.15) is 26.7 Å². The van der Waals surface area contributed by atoms with Gasteiger partial charge in [-0.2, -0.15) is 0 Å². The summed E-state index contributed by atoms with van der Waals surface area (Å²) in [5, 5.41) is 3.60. The summed E-state index contributed by atoms with van der Waals surface area (Å²) >= 11 is 0. The van der Waals surface area contributed by atoms with Crippen LogP contribution in [0, 0.1) is 0 Å². The molecule has 0 amide bonds. The van der Waals surface area contributed by atoms with Crippen LogP contribution < -0.4 is 5.32 Å². The molecule has 2 aromatic rings. The molecule has 1 unspecified atom stereocenters. The standard InChI is InChI=1S/C16H21N3O/c1-16(2)9-14(7-8-20-16)19-13-5-3-12(4-6-13)15-10-17-11-18-15/h3-6,10-11,14,19H,7-9H2,1-2H3,(H,17,18). The van der Waals surface area contributed by atoms with Crippen LogP contribution in [0.3, 0.4) is 0 Å². The molecule has 4 heteroatoms. The zero-order valence-corrected chi connectivity index (χ0v) is 12.0. The number of benzene rings is 1. The first-order valence-corrected chi connectivity index (χ1v) is 7.12. The number of anilines is 1. The molecule has 4 nitrogen and oxygen atoms in total. The van der Waals surface area contributed by atoms with Gasteiger partial charge in [0.05, 0.1) is 23.8 Å². The highest BCUT2D eigenvalue weighted by molar-refractivity contribution is 5.62. The van der Waals surface area contributed by atoms with E-state index in [1.165, 1.54) is 0 Å². The van der Waals surface area contributed by atoms with E-state index in [9.17, 15) is 0 Å². The number of aromatic nitrogens is 2. The van der Waals surface area contributed by atoms with Gasteiger partial charge in [-0.05, 0) is 44.4 Å². The first kappa shape index (κ1) is 13.2. The number of hydrogen-bond acceptors (Lipinski definition) is 3. The van der Waals surface area contributed by atoms with Gasteiger partial charge in [-0.1, -0.05) is 12.1 Å². The molecule has 0 saturated carbocycles. The molecule has 0 bridgehead atoms. The van der Waals surface area contributed by atoms with Crippen molar-refractivity contribution in [2.45, 2.75) is 38.3 Å². The second kappa shape index (κ2) is 5.29. The average Bonchev–Trinajstić information content (AvgIpc) is 2.92. The summed E-state index contributed by atoms with van der Waals surface area (Å²) in [5.41, 5.74) is 3.34. The van der Waals surface area contributed by atoms with E-state index in [0.717, 1.165) is 36.4 Å². The Morgan fingerprint density at radius 3 is 2.75 bits per heavy atom. The number of imidazole rings is 1. The Hall–Kier alpha value is -1.81. The van der Waals surface area contributed by atoms with E-state index < -0.39 is 0 Å². The fourth-order valence-electron chi connectivity index (χ4n) is 2.75. The molecule has 1 saturated heterocycles. The van der Waals surface area contributed by atoms with Gasteiger partial charge in [-0.3, -0.25) is 0 Å². The average molecular weight is 271 g/mol. The van der Waals surface area contributed by atoms with Gasteiger partial charge in [0.1, 0.15) is 0 Å². The molecule has 1 aromatic carbocycles. The molecular formula is C16H21N3O. The van der Waals surface area contributed by atoms with E-state index in [2.05, 4.69) is 53.4 Å². The highest BCUT2D eigenvalue weighted by Crippen LogP contribution is 2.27. The largest absolute Gasteiger partial charge is 0.382 e. The predicted octanol–water partition coefficient (Wildman–Crippen LogP) is 3.45. The highest BCUT2D eigenvalue weighted by Gasteiger charge is 2.28. The van der Waals surface area contributed by atoms with Crippen LogP contribution in [0.25, 0.3) is 11.3 Å². The van der Waals surface area contributed by atoms with Crippen molar-refractivity contribution in [1.82, 2.24) is 9.97 Å². The number of nitrogens with zero attached hydrogens (tertiary/aromatic N) is 1. The SMILES string of the molecule is CC1(C)CC(Nc2ccc(-c3cnc[nH]3)cc2)CCO1. The molecule has 1 aliphatic heterocycles. The van der Waals surface area contributed by atoms with Gasteiger partial charge in [-0.25, -0.2) is 4.98 Å². The Bertz CT molecular complexity index is 546. The second-order valence-electron chi connectivity index (χ2n) is 5.98. The van der Waals surface area contributed by atoms with Crippen molar-refractivity contribution in [2.24, 2.45) is 0 Å². The summed E-state index contributed by atoms with van der Waals surface area (Å²) in [5.74, 6) is 0. The molecule has 106 valence electrons. The number of ether oxygens (including phenoxy) is 1. The molecule has 1 fully saturated rings. The summed E-state index contributed by atoms with van der Waals surface area (Å²) in [7, 11) is 0. The minimum atomic E-state index is -0.0220. The summed E-state index contributed by atoms with van der Waals surface area (Å²) in [6.07, 6.45) is 5.63. The van der Waals surface area contributed by atoms with E-state index in [1.54, 1.807) is 6.33 Å². The maximum absolute atomic E-state index is 5.75. The van der Waals surface area contributed by atoms with Gasteiger partial charge in [-0.15, -0.1) is 0 Å². The summed E-state index contributed by atoms with van der Waals surface area (Å²) < 4.78 is 5.75. The van der Waals surface area contributed by atoms with E-state index in [0.29, 0.717) is 6.04 Å². The molecule has 1 aromatic heterocycles. The molecule has 1 atom stereocenters. The molecule has 0 radical (unpaired) electrons. The predicted molar refractivity (Wildman–Crippen MR) is 80.7 cm³/mol. The van der Waals surface area contributed by atoms with Crippen LogP contribution in [0.2, 0.25) is 0 Å². The lowest BCUT2D eigenvalue weighted by Gasteiger charge is -2.36. The lowest BCUT2D eigenvalue weighted by Crippen LogP contribution is -2.40. The molecule has 20 heavy (non-hydrogen) atoms. The Kier molecular flexibility index (Phi) is 3.49. The smallest absolute Gasteiger partial charge is 0.0924 e. The maximum atomic E-state index is 5.75. The fraction of sp³-hybridized carbons (Fsp3) is 0.438. The van der Waals surface area contributed by atoms with Crippen LogP contribution >= 0.6 is 0 Å². The molecule has 0 spiro atoms. The third kappa shape index (κ3) is 3.02. The number of hydrogen-bond donors (Lipinski definition) is 2. The van der Waals surface area contributed by atoms with Crippen molar-refractivity contribution in [2.75, 3.05) is 11.9 Å². The monoisotopic (exact) mass is 271 g/mol. The molecule has 3 rings (SSSR count).